The van der Waals surface area contributed by atoms with E-state index < -0.39 is 15.5 Å². The number of rotatable bonds is 8. The van der Waals surface area contributed by atoms with Gasteiger partial charge in [-0.2, -0.15) is 8.42 Å². The molecule has 0 amide bonds. The van der Waals surface area contributed by atoms with Gasteiger partial charge in [0.15, 0.2) is 0 Å². The van der Waals surface area contributed by atoms with E-state index in [0.717, 1.165) is 36.6 Å². The second kappa shape index (κ2) is 7.14. The van der Waals surface area contributed by atoms with Gasteiger partial charge in [-0.1, -0.05) is 72.8 Å². The molecule has 0 heterocycles. The first-order valence-electron chi connectivity index (χ1n) is 8.54. The second-order valence-corrected chi connectivity index (χ2v) is 8.52. The maximum Gasteiger partial charge on any atom is 0.264 e. The van der Waals surface area contributed by atoms with E-state index in [-0.39, 0.29) is 6.61 Å². The van der Waals surface area contributed by atoms with Gasteiger partial charge in [0.25, 0.3) is 10.1 Å². The van der Waals surface area contributed by atoms with Crippen LogP contribution in [-0.2, 0) is 19.7 Å². The Balaban J connectivity index is 2.03. The van der Waals surface area contributed by atoms with Crippen molar-refractivity contribution in [2.24, 2.45) is 5.92 Å². The van der Waals surface area contributed by atoms with Crippen molar-refractivity contribution in [1.29, 1.82) is 0 Å². The molecule has 3 rings (SSSR count). The fourth-order valence-electron chi connectivity index (χ4n) is 3.40. The van der Waals surface area contributed by atoms with Crippen molar-refractivity contribution in [3.8, 4) is 0 Å². The summed E-state index contributed by atoms with van der Waals surface area (Å²) in [5.74, 6) is 0.546. The minimum atomic E-state index is -3.52. The molecular weight excluding hydrogens is 332 g/mol. The van der Waals surface area contributed by atoms with Gasteiger partial charge in [0.05, 0.1) is 12.9 Å². The molecule has 1 aliphatic rings. The summed E-state index contributed by atoms with van der Waals surface area (Å²) < 4.78 is 28.7. The van der Waals surface area contributed by atoms with Gasteiger partial charge in [0, 0.05) is 5.41 Å². The molecule has 0 N–H and O–H groups in total. The van der Waals surface area contributed by atoms with Gasteiger partial charge in [0.1, 0.15) is 0 Å². The van der Waals surface area contributed by atoms with Crippen molar-refractivity contribution >= 4 is 10.1 Å². The predicted molar refractivity (Wildman–Crippen MR) is 101 cm³/mol. The average molecular weight is 356 g/mol. The van der Waals surface area contributed by atoms with E-state index in [1.807, 2.05) is 36.4 Å². The highest BCUT2D eigenvalue weighted by Crippen LogP contribution is 2.45. The van der Waals surface area contributed by atoms with Crippen molar-refractivity contribution < 1.29 is 12.6 Å². The summed E-state index contributed by atoms with van der Waals surface area (Å²) in [6, 6.07) is 20.1. The van der Waals surface area contributed by atoms with Gasteiger partial charge in [-0.25, -0.2) is 0 Å². The zero-order valence-corrected chi connectivity index (χ0v) is 15.3. The van der Waals surface area contributed by atoms with E-state index in [1.54, 1.807) is 0 Å². The van der Waals surface area contributed by atoms with Gasteiger partial charge in [-0.15, -0.1) is 0 Å². The summed E-state index contributed by atoms with van der Waals surface area (Å²) in [7, 11) is -3.52. The molecular formula is C21H24O3S. The molecule has 3 nitrogen and oxygen atoms in total. The highest BCUT2D eigenvalue weighted by Gasteiger charge is 2.38. The molecule has 0 bridgehead atoms. The largest absolute Gasteiger partial charge is 0.269 e. The lowest BCUT2D eigenvalue weighted by atomic mass is 9.71. The Bertz CT molecular complexity index is 786. The van der Waals surface area contributed by atoms with Gasteiger partial charge in [-0.3, -0.25) is 4.18 Å². The van der Waals surface area contributed by atoms with Crippen molar-refractivity contribution in [2.45, 2.75) is 24.7 Å². The molecule has 0 saturated heterocycles. The molecule has 0 radical (unpaired) electrons. The fourth-order valence-corrected chi connectivity index (χ4v) is 3.82. The summed E-state index contributed by atoms with van der Waals surface area (Å²) in [5, 5.41) is 0. The van der Waals surface area contributed by atoms with Crippen LogP contribution in [0.3, 0.4) is 0 Å². The molecule has 2 aromatic carbocycles. The first kappa shape index (κ1) is 17.9. The maximum absolute atomic E-state index is 11.7. The molecule has 1 saturated carbocycles. The minimum absolute atomic E-state index is 0.110. The van der Waals surface area contributed by atoms with E-state index in [9.17, 15) is 8.42 Å². The Morgan fingerprint density at radius 1 is 1.04 bits per heavy atom. The van der Waals surface area contributed by atoms with Crippen LogP contribution in [0, 0.1) is 5.92 Å². The molecule has 25 heavy (non-hydrogen) atoms. The van der Waals surface area contributed by atoms with Gasteiger partial charge >= 0.3 is 0 Å². The normalized spacial score (nSPS) is 17.5. The molecule has 1 aliphatic carbocycles. The van der Waals surface area contributed by atoms with Crippen LogP contribution in [0.4, 0.5) is 0 Å². The third-order valence-corrected chi connectivity index (χ3v) is 5.56. The van der Waals surface area contributed by atoms with Crippen LogP contribution in [-0.4, -0.2) is 21.3 Å². The van der Waals surface area contributed by atoms with E-state index in [0.29, 0.717) is 5.92 Å². The zero-order chi connectivity index (χ0) is 17.9. The van der Waals surface area contributed by atoms with Crippen LogP contribution in [0.1, 0.15) is 30.4 Å². The number of hydrogen-bond donors (Lipinski definition) is 0. The number of benzene rings is 2. The predicted octanol–water partition coefficient (Wildman–Crippen LogP) is 4.31. The number of hydrogen-bond acceptors (Lipinski definition) is 3. The molecule has 4 heteroatoms. The summed E-state index contributed by atoms with van der Waals surface area (Å²) in [6.45, 7) is 4.16. The quantitative estimate of drug-likeness (QED) is 0.523. The van der Waals surface area contributed by atoms with E-state index in [4.69, 9.17) is 4.18 Å². The molecule has 2 aromatic rings. The standard InChI is InChI=1S/C21H24O3S/c1-17-15-18(17)13-14-21(16-24-25(2,22)23,19-9-5-3-6-10-19)20-11-7-4-8-12-20/h3-12,18H,1,13-16H2,2H3. The third-order valence-electron chi connectivity index (χ3n) is 5.02. The van der Waals surface area contributed by atoms with Gasteiger partial charge in [0.2, 0.25) is 0 Å². The van der Waals surface area contributed by atoms with Crippen LogP contribution in [0.2, 0.25) is 0 Å². The smallest absolute Gasteiger partial charge is 0.264 e. The molecule has 1 fully saturated rings. The summed E-state index contributed by atoms with van der Waals surface area (Å²) >= 11 is 0. The van der Waals surface area contributed by atoms with Gasteiger partial charge in [-0.05, 0) is 36.3 Å². The van der Waals surface area contributed by atoms with Crippen molar-refractivity contribution in [2.75, 3.05) is 12.9 Å². The topological polar surface area (TPSA) is 43.4 Å². The lowest BCUT2D eigenvalue weighted by Crippen LogP contribution is -2.34. The lowest BCUT2D eigenvalue weighted by Gasteiger charge is -2.34. The Morgan fingerprint density at radius 2 is 1.52 bits per heavy atom. The monoisotopic (exact) mass is 356 g/mol. The first-order valence-corrected chi connectivity index (χ1v) is 10.4. The molecule has 0 aromatic heterocycles. The highest BCUT2D eigenvalue weighted by molar-refractivity contribution is 7.85. The van der Waals surface area contributed by atoms with Crippen LogP contribution in [0.25, 0.3) is 0 Å². The molecule has 0 aliphatic heterocycles. The first-order chi connectivity index (χ1) is 11.9. The summed E-state index contributed by atoms with van der Waals surface area (Å²) in [5.41, 5.74) is 2.96. The summed E-state index contributed by atoms with van der Waals surface area (Å²) in [6.07, 6.45) is 3.99. The van der Waals surface area contributed by atoms with Crippen LogP contribution >= 0.6 is 0 Å². The highest BCUT2D eigenvalue weighted by atomic mass is 32.2. The van der Waals surface area contributed by atoms with Crippen molar-refractivity contribution in [3.05, 3.63) is 83.9 Å². The van der Waals surface area contributed by atoms with E-state index in [2.05, 4.69) is 30.8 Å². The molecule has 1 unspecified atom stereocenters. The van der Waals surface area contributed by atoms with E-state index >= 15 is 0 Å². The van der Waals surface area contributed by atoms with Crippen molar-refractivity contribution in [3.63, 3.8) is 0 Å². The average Bonchev–Trinajstić information content (AvgIpc) is 3.31. The van der Waals surface area contributed by atoms with Crippen LogP contribution in [0.15, 0.2) is 72.8 Å². The Kier molecular flexibility index (Phi) is 5.11. The summed E-state index contributed by atoms with van der Waals surface area (Å²) in [4.78, 5) is 0. The Morgan fingerprint density at radius 3 is 1.92 bits per heavy atom. The van der Waals surface area contributed by atoms with Crippen molar-refractivity contribution in [1.82, 2.24) is 0 Å². The van der Waals surface area contributed by atoms with Crippen LogP contribution < -0.4 is 0 Å². The fraction of sp³-hybridized carbons (Fsp3) is 0.333. The van der Waals surface area contributed by atoms with Gasteiger partial charge < -0.3 is 0 Å². The Hall–Kier alpha value is -1.91. The second-order valence-electron chi connectivity index (χ2n) is 6.88. The van der Waals surface area contributed by atoms with Crippen LogP contribution in [0.5, 0.6) is 0 Å². The number of allylic oxidation sites excluding steroid dienone is 1. The molecule has 1 atom stereocenters. The Labute approximate surface area is 150 Å². The minimum Gasteiger partial charge on any atom is -0.269 e. The maximum atomic E-state index is 11.7. The molecule has 0 spiro atoms. The lowest BCUT2D eigenvalue weighted by molar-refractivity contribution is 0.235. The molecule has 132 valence electrons. The zero-order valence-electron chi connectivity index (χ0n) is 14.5. The SMILES string of the molecule is C=C1CC1CCC(COS(C)(=O)=O)(c1ccccc1)c1ccccc1. The van der Waals surface area contributed by atoms with E-state index in [1.165, 1.54) is 5.57 Å². The third kappa shape index (κ3) is 4.39.